The molecule has 2 atom stereocenters. The van der Waals surface area contributed by atoms with Gasteiger partial charge in [0.2, 0.25) is 15.9 Å². The summed E-state index contributed by atoms with van der Waals surface area (Å²) in [7, 11) is -2.06. The molecule has 2 aromatic carbocycles. The van der Waals surface area contributed by atoms with Gasteiger partial charge in [-0.05, 0) is 68.1 Å². The number of methoxy groups -OCH3 is 1. The third-order valence-electron chi connectivity index (χ3n) is 5.05. The van der Waals surface area contributed by atoms with Gasteiger partial charge in [0.15, 0.2) is 0 Å². The Morgan fingerprint density at radius 2 is 1.72 bits per heavy atom. The Hall–Kier alpha value is -2.54. The van der Waals surface area contributed by atoms with Gasteiger partial charge in [-0.15, -0.1) is 0 Å². The predicted octanol–water partition coefficient (Wildman–Crippen LogP) is 3.73. The second-order valence-corrected chi connectivity index (χ2v) is 9.11. The molecule has 0 heterocycles. The number of nitrogens with one attached hydrogen (secondary N) is 1. The van der Waals surface area contributed by atoms with E-state index in [0.29, 0.717) is 12.1 Å². The first-order chi connectivity index (χ1) is 13.6. The van der Waals surface area contributed by atoms with E-state index in [-0.39, 0.29) is 11.9 Å². The van der Waals surface area contributed by atoms with Crippen molar-refractivity contribution in [1.29, 1.82) is 0 Å². The largest absolute Gasteiger partial charge is 0.497 e. The van der Waals surface area contributed by atoms with Crippen LogP contribution >= 0.6 is 0 Å². The summed E-state index contributed by atoms with van der Waals surface area (Å²) in [5, 5.41) is 2.95. The third-order valence-corrected chi connectivity index (χ3v) is 6.23. The number of ether oxygens (including phenoxy) is 1. The fourth-order valence-electron chi connectivity index (χ4n) is 3.21. The van der Waals surface area contributed by atoms with Crippen molar-refractivity contribution in [2.24, 2.45) is 0 Å². The molecule has 2 unspecified atom stereocenters. The molecule has 0 aliphatic rings. The Kier molecular flexibility index (Phi) is 7.30. The molecule has 0 saturated carbocycles. The number of nitrogens with zero attached hydrogens (tertiary/aromatic N) is 1. The fraction of sp³-hybridized carbons (Fsp3) is 0.409. The van der Waals surface area contributed by atoms with Crippen molar-refractivity contribution >= 4 is 21.6 Å². The minimum Gasteiger partial charge on any atom is -0.497 e. The van der Waals surface area contributed by atoms with Crippen molar-refractivity contribution in [1.82, 2.24) is 5.32 Å². The summed E-state index contributed by atoms with van der Waals surface area (Å²) in [6, 6.07) is 11.7. The Morgan fingerprint density at radius 3 is 2.21 bits per heavy atom. The molecule has 2 rings (SSSR count). The Balaban J connectivity index is 2.30. The van der Waals surface area contributed by atoms with Gasteiger partial charge < -0.3 is 10.1 Å². The maximum Gasteiger partial charge on any atom is 0.244 e. The summed E-state index contributed by atoms with van der Waals surface area (Å²) in [5.74, 6) is 0.399. The summed E-state index contributed by atoms with van der Waals surface area (Å²) in [6.07, 6.45) is 1.48. The van der Waals surface area contributed by atoms with E-state index in [1.54, 1.807) is 19.2 Å². The number of benzene rings is 2. The van der Waals surface area contributed by atoms with Crippen molar-refractivity contribution in [2.45, 2.75) is 46.2 Å². The summed E-state index contributed by atoms with van der Waals surface area (Å²) in [4.78, 5) is 13.1. The molecule has 6 nitrogen and oxygen atoms in total. The summed E-state index contributed by atoms with van der Waals surface area (Å²) in [5.41, 5.74) is 3.44. The number of aryl methyl sites for hydroxylation is 2. The molecular weight excluding hydrogens is 388 g/mol. The number of anilines is 1. The molecule has 1 N–H and O–H groups in total. The minimum absolute atomic E-state index is 0.274. The summed E-state index contributed by atoms with van der Waals surface area (Å²) >= 11 is 0. The van der Waals surface area contributed by atoms with Gasteiger partial charge in [0, 0.05) is 0 Å². The van der Waals surface area contributed by atoms with Crippen molar-refractivity contribution in [3.8, 4) is 5.75 Å². The van der Waals surface area contributed by atoms with E-state index in [9.17, 15) is 13.2 Å². The van der Waals surface area contributed by atoms with Crippen LogP contribution in [-0.2, 0) is 14.8 Å². The van der Waals surface area contributed by atoms with E-state index in [4.69, 9.17) is 4.74 Å². The normalized spacial score (nSPS) is 13.4. The van der Waals surface area contributed by atoms with E-state index < -0.39 is 16.1 Å². The molecular formula is C22H30N2O4S. The van der Waals surface area contributed by atoms with Gasteiger partial charge in [0.25, 0.3) is 0 Å². The average molecular weight is 419 g/mol. The van der Waals surface area contributed by atoms with Crippen molar-refractivity contribution < 1.29 is 17.9 Å². The van der Waals surface area contributed by atoms with Crippen LogP contribution in [0.3, 0.4) is 0 Å². The number of carbonyl (C=O) groups excluding carboxylic acids is 1. The zero-order valence-electron chi connectivity index (χ0n) is 17.9. The number of hydrogen-bond donors (Lipinski definition) is 1. The lowest BCUT2D eigenvalue weighted by Gasteiger charge is -2.31. The SMILES string of the molecule is CCC(C(=O)NC(C)c1ccc(OC)cc1)N(c1ccc(C)c(C)c1)S(C)(=O)=O. The van der Waals surface area contributed by atoms with Gasteiger partial charge in [-0.3, -0.25) is 9.10 Å². The fourth-order valence-corrected chi connectivity index (χ4v) is 4.41. The van der Waals surface area contributed by atoms with Crippen LogP contribution in [0.15, 0.2) is 42.5 Å². The zero-order valence-corrected chi connectivity index (χ0v) is 18.7. The van der Waals surface area contributed by atoms with Crippen LogP contribution in [-0.4, -0.2) is 33.7 Å². The lowest BCUT2D eigenvalue weighted by atomic mass is 10.1. The van der Waals surface area contributed by atoms with E-state index in [0.717, 1.165) is 28.7 Å². The second kappa shape index (κ2) is 9.31. The first kappa shape index (κ1) is 22.7. The molecule has 2 aromatic rings. The summed E-state index contributed by atoms with van der Waals surface area (Å²) in [6.45, 7) is 7.56. The second-order valence-electron chi connectivity index (χ2n) is 7.25. The predicted molar refractivity (Wildman–Crippen MR) is 117 cm³/mol. The molecule has 0 aliphatic carbocycles. The van der Waals surface area contributed by atoms with Gasteiger partial charge in [-0.25, -0.2) is 8.42 Å². The standard InChI is InChI=1S/C22H30N2O4S/c1-7-21(22(25)23-17(4)18-9-12-20(28-5)13-10-18)24(29(6,26)27)19-11-8-15(2)16(3)14-19/h8-14,17,21H,7H2,1-6H3,(H,23,25). The maximum atomic E-state index is 13.1. The number of sulfonamides is 1. The third kappa shape index (κ3) is 5.50. The number of rotatable bonds is 8. The van der Waals surface area contributed by atoms with Crippen LogP contribution in [0.4, 0.5) is 5.69 Å². The monoisotopic (exact) mass is 418 g/mol. The van der Waals surface area contributed by atoms with Crippen molar-refractivity contribution in [3.05, 3.63) is 59.2 Å². The molecule has 158 valence electrons. The highest BCUT2D eigenvalue weighted by Gasteiger charge is 2.32. The van der Waals surface area contributed by atoms with Gasteiger partial charge in [0.1, 0.15) is 11.8 Å². The topological polar surface area (TPSA) is 75.7 Å². The van der Waals surface area contributed by atoms with Crippen LogP contribution in [0, 0.1) is 13.8 Å². The molecule has 0 spiro atoms. The van der Waals surface area contributed by atoms with Crippen LogP contribution in [0.25, 0.3) is 0 Å². The molecule has 0 radical (unpaired) electrons. The number of amides is 1. The van der Waals surface area contributed by atoms with Gasteiger partial charge in [0.05, 0.1) is 25.1 Å². The van der Waals surface area contributed by atoms with Crippen LogP contribution in [0.5, 0.6) is 5.75 Å². The zero-order chi connectivity index (χ0) is 21.8. The molecule has 0 fully saturated rings. The first-order valence-electron chi connectivity index (χ1n) is 9.59. The molecule has 0 bridgehead atoms. The molecule has 7 heteroatoms. The molecule has 1 amide bonds. The lowest BCUT2D eigenvalue weighted by Crippen LogP contribution is -2.49. The Bertz CT molecular complexity index is 955. The molecule has 0 saturated heterocycles. The quantitative estimate of drug-likeness (QED) is 0.709. The van der Waals surface area contributed by atoms with E-state index in [1.807, 2.05) is 58.0 Å². The maximum absolute atomic E-state index is 13.1. The van der Waals surface area contributed by atoms with E-state index in [1.165, 1.54) is 4.31 Å². The molecule has 0 aromatic heterocycles. The van der Waals surface area contributed by atoms with Gasteiger partial charge in [-0.2, -0.15) is 0 Å². The van der Waals surface area contributed by atoms with E-state index >= 15 is 0 Å². The first-order valence-corrected chi connectivity index (χ1v) is 11.4. The average Bonchev–Trinajstić information content (AvgIpc) is 2.67. The minimum atomic E-state index is -3.66. The lowest BCUT2D eigenvalue weighted by molar-refractivity contribution is -0.122. The highest BCUT2D eigenvalue weighted by atomic mass is 32.2. The number of carbonyl (C=O) groups is 1. The highest BCUT2D eigenvalue weighted by molar-refractivity contribution is 7.92. The Morgan fingerprint density at radius 1 is 1.10 bits per heavy atom. The van der Waals surface area contributed by atoms with Crippen molar-refractivity contribution in [2.75, 3.05) is 17.7 Å². The van der Waals surface area contributed by atoms with Crippen LogP contribution in [0.2, 0.25) is 0 Å². The van der Waals surface area contributed by atoms with Crippen LogP contribution < -0.4 is 14.4 Å². The van der Waals surface area contributed by atoms with Crippen molar-refractivity contribution in [3.63, 3.8) is 0 Å². The van der Waals surface area contributed by atoms with Gasteiger partial charge in [-0.1, -0.05) is 25.1 Å². The number of hydrogen-bond acceptors (Lipinski definition) is 4. The molecule has 29 heavy (non-hydrogen) atoms. The summed E-state index contributed by atoms with van der Waals surface area (Å²) < 4.78 is 31.6. The smallest absolute Gasteiger partial charge is 0.244 e. The molecule has 0 aliphatic heterocycles. The van der Waals surface area contributed by atoms with Crippen LogP contribution in [0.1, 0.15) is 43.0 Å². The van der Waals surface area contributed by atoms with Gasteiger partial charge >= 0.3 is 0 Å². The van der Waals surface area contributed by atoms with E-state index in [2.05, 4.69) is 5.32 Å². The Labute approximate surface area is 173 Å². The highest BCUT2D eigenvalue weighted by Crippen LogP contribution is 2.26.